The van der Waals surface area contributed by atoms with Gasteiger partial charge in [-0.25, -0.2) is 9.78 Å². The Kier molecular flexibility index (Phi) is 3.41. The molecule has 1 aromatic rings. The van der Waals surface area contributed by atoms with Gasteiger partial charge < -0.3 is 9.67 Å². The zero-order valence-electron chi connectivity index (χ0n) is 10.0. The highest BCUT2D eigenvalue weighted by atomic mass is 16.4. The van der Waals surface area contributed by atoms with Crippen molar-refractivity contribution >= 4 is 12.3 Å². The van der Waals surface area contributed by atoms with Crippen LogP contribution in [0.1, 0.15) is 24.0 Å². The van der Waals surface area contributed by atoms with E-state index in [0.717, 1.165) is 12.0 Å². The van der Waals surface area contributed by atoms with E-state index in [-0.39, 0.29) is 5.92 Å². The molecule has 0 saturated heterocycles. The molecule has 1 atom stereocenters. The number of carbonyl (C=O) groups excluding carboxylic acids is 1. The van der Waals surface area contributed by atoms with Crippen LogP contribution in [0, 0.1) is 5.92 Å². The molecule has 1 aromatic heterocycles. The fourth-order valence-corrected chi connectivity index (χ4v) is 2.18. The quantitative estimate of drug-likeness (QED) is 0.820. The number of aldehydes is 1. The standard InChI is InChI=1S/C13H14N2O3/c1-9-3-2-4-10(12(9)13(17)18)7-15-6-5-14-11(15)8-16/h2,4-6,8-9H,3,7H2,1H3,(H,17,18). The van der Waals surface area contributed by atoms with Gasteiger partial charge in [-0.05, 0) is 17.9 Å². The monoisotopic (exact) mass is 246 g/mol. The summed E-state index contributed by atoms with van der Waals surface area (Å²) in [4.78, 5) is 25.9. The number of carbonyl (C=O) groups is 2. The Morgan fingerprint density at radius 1 is 1.67 bits per heavy atom. The predicted molar refractivity (Wildman–Crippen MR) is 65.2 cm³/mol. The van der Waals surface area contributed by atoms with E-state index in [9.17, 15) is 14.7 Å². The van der Waals surface area contributed by atoms with E-state index >= 15 is 0 Å². The van der Waals surface area contributed by atoms with E-state index in [1.807, 2.05) is 19.1 Å². The molecule has 1 N–H and O–H groups in total. The van der Waals surface area contributed by atoms with E-state index in [1.165, 1.54) is 6.20 Å². The molecule has 5 nitrogen and oxygen atoms in total. The minimum Gasteiger partial charge on any atom is -0.478 e. The number of rotatable bonds is 4. The Balaban J connectivity index is 2.36. The molecule has 0 amide bonds. The van der Waals surface area contributed by atoms with Crippen molar-refractivity contribution < 1.29 is 14.7 Å². The number of aliphatic carboxylic acids is 1. The number of allylic oxidation sites excluding steroid dienone is 3. The first-order valence-electron chi connectivity index (χ1n) is 5.72. The summed E-state index contributed by atoms with van der Waals surface area (Å²) >= 11 is 0. The SMILES string of the molecule is CC1CC=CC(Cn2ccnc2C=O)=C1C(=O)O. The smallest absolute Gasteiger partial charge is 0.332 e. The fourth-order valence-electron chi connectivity index (χ4n) is 2.18. The summed E-state index contributed by atoms with van der Waals surface area (Å²) in [6.45, 7) is 2.25. The lowest BCUT2D eigenvalue weighted by molar-refractivity contribution is -0.133. The molecule has 5 heteroatoms. The fraction of sp³-hybridized carbons (Fsp3) is 0.308. The summed E-state index contributed by atoms with van der Waals surface area (Å²) in [5, 5.41) is 9.25. The third-order valence-corrected chi connectivity index (χ3v) is 3.07. The Morgan fingerprint density at radius 3 is 3.11 bits per heavy atom. The van der Waals surface area contributed by atoms with Crippen LogP contribution in [0.3, 0.4) is 0 Å². The number of carboxylic acids is 1. The zero-order chi connectivity index (χ0) is 13.1. The average Bonchev–Trinajstić information content (AvgIpc) is 2.76. The summed E-state index contributed by atoms with van der Waals surface area (Å²) in [5.41, 5.74) is 1.14. The summed E-state index contributed by atoms with van der Waals surface area (Å²) in [6.07, 6.45) is 8.37. The Labute approximate surface area is 104 Å². The van der Waals surface area contributed by atoms with Gasteiger partial charge in [-0.15, -0.1) is 0 Å². The number of hydrogen-bond acceptors (Lipinski definition) is 3. The molecule has 18 heavy (non-hydrogen) atoms. The molecule has 94 valence electrons. The maximum Gasteiger partial charge on any atom is 0.332 e. The molecule has 0 saturated carbocycles. The molecule has 0 bridgehead atoms. The molecule has 0 aliphatic heterocycles. The maximum absolute atomic E-state index is 11.3. The van der Waals surface area contributed by atoms with Crippen LogP contribution >= 0.6 is 0 Å². The second-order valence-corrected chi connectivity index (χ2v) is 4.31. The van der Waals surface area contributed by atoms with Crippen molar-refractivity contribution in [3.05, 3.63) is 41.5 Å². The van der Waals surface area contributed by atoms with E-state index in [4.69, 9.17) is 0 Å². The first-order valence-corrected chi connectivity index (χ1v) is 5.72. The van der Waals surface area contributed by atoms with Crippen LogP contribution in [0.4, 0.5) is 0 Å². The van der Waals surface area contributed by atoms with Gasteiger partial charge in [0.05, 0.1) is 0 Å². The van der Waals surface area contributed by atoms with Crippen molar-refractivity contribution in [3.63, 3.8) is 0 Å². The van der Waals surface area contributed by atoms with Gasteiger partial charge in [-0.1, -0.05) is 19.1 Å². The molecule has 1 heterocycles. The summed E-state index contributed by atoms with van der Waals surface area (Å²) in [6, 6.07) is 0. The van der Waals surface area contributed by atoms with E-state index < -0.39 is 5.97 Å². The normalized spacial score (nSPS) is 19.1. The van der Waals surface area contributed by atoms with Crippen molar-refractivity contribution in [1.29, 1.82) is 0 Å². The van der Waals surface area contributed by atoms with Crippen LogP contribution in [0.25, 0.3) is 0 Å². The van der Waals surface area contributed by atoms with Gasteiger partial charge in [0.1, 0.15) is 0 Å². The van der Waals surface area contributed by atoms with Crippen LogP contribution in [-0.4, -0.2) is 26.9 Å². The van der Waals surface area contributed by atoms with Gasteiger partial charge in [0.15, 0.2) is 12.1 Å². The first kappa shape index (κ1) is 12.3. The highest BCUT2D eigenvalue weighted by molar-refractivity contribution is 5.89. The average molecular weight is 246 g/mol. The molecule has 0 spiro atoms. The highest BCUT2D eigenvalue weighted by Crippen LogP contribution is 2.26. The van der Waals surface area contributed by atoms with Gasteiger partial charge in [0, 0.05) is 24.5 Å². The van der Waals surface area contributed by atoms with E-state index in [1.54, 1.807) is 10.8 Å². The molecular weight excluding hydrogens is 232 g/mol. The molecule has 1 aliphatic carbocycles. The van der Waals surface area contributed by atoms with Crippen LogP contribution in [-0.2, 0) is 11.3 Å². The van der Waals surface area contributed by atoms with Crippen molar-refractivity contribution in [1.82, 2.24) is 9.55 Å². The van der Waals surface area contributed by atoms with E-state index in [2.05, 4.69) is 4.98 Å². The lowest BCUT2D eigenvalue weighted by Crippen LogP contribution is -2.17. The van der Waals surface area contributed by atoms with E-state index in [0.29, 0.717) is 24.2 Å². The number of aromatic nitrogens is 2. The van der Waals surface area contributed by atoms with Gasteiger partial charge in [-0.2, -0.15) is 0 Å². The Hall–Kier alpha value is -2.17. The molecule has 1 unspecified atom stereocenters. The number of hydrogen-bond donors (Lipinski definition) is 1. The number of nitrogens with zero attached hydrogens (tertiary/aromatic N) is 2. The molecule has 0 aromatic carbocycles. The molecule has 0 fully saturated rings. The Bertz CT molecular complexity index is 540. The van der Waals surface area contributed by atoms with Crippen molar-refractivity contribution in [2.75, 3.05) is 0 Å². The minimum atomic E-state index is -0.894. The summed E-state index contributed by atoms with van der Waals surface area (Å²) in [5.74, 6) is -0.598. The van der Waals surface area contributed by atoms with Crippen LogP contribution in [0.5, 0.6) is 0 Å². The summed E-state index contributed by atoms with van der Waals surface area (Å²) in [7, 11) is 0. The van der Waals surface area contributed by atoms with Crippen LogP contribution in [0.2, 0.25) is 0 Å². The number of carboxylic acid groups (broad SMARTS) is 1. The summed E-state index contributed by atoms with van der Waals surface area (Å²) < 4.78 is 1.65. The molecule has 1 aliphatic rings. The van der Waals surface area contributed by atoms with Gasteiger partial charge >= 0.3 is 5.97 Å². The highest BCUT2D eigenvalue weighted by Gasteiger charge is 2.22. The first-order chi connectivity index (χ1) is 8.63. The van der Waals surface area contributed by atoms with Crippen LogP contribution in [0.15, 0.2) is 35.7 Å². The van der Waals surface area contributed by atoms with Crippen molar-refractivity contribution in [2.24, 2.45) is 5.92 Å². The largest absolute Gasteiger partial charge is 0.478 e. The minimum absolute atomic E-state index is 0.00861. The Morgan fingerprint density at radius 2 is 2.44 bits per heavy atom. The third kappa shape index (κ3) is 2.25. The topological polar surface area (TPSA) is 72.2 Å². The van der Waals surface area contributed by atoms with Crippen LogP contribution < -0.4 is 0 Å². The maximum atomic E-state index is 11.3. The van der Waals surface area contributed by atoms with Gasteiger partial charge in [0.2, 0.25) is 0 Å². The lowest BCUT2D eigenvalue weighted by Gasteiger charge is -2.19. The predicted octanol–water partition coefficient (Wildman–Crippen LogP) is 1.67. The third-order valence-electron chi connectivity index (χ3n) is 3.07. The lowest BCUT2D eigenvalue weighted by atomic mass is 9.88. The van der Waals surface area contributed by atoms with Gasteiger partial charge in [-0.3, -0.25) is 4.79 Å². The zero-order valence-corrected chi connectivity index (χ0v) is 10.0. The molecule has 0 radical (unpaired) electrons. The second kappa shape index (κ2) is 5.00. The van der Waals surface area contributed by atoms with Crippen molar-refractivity contribution in [2.45, 2.75) is 19.9 Å². The van der Waals surface area contributed by atoms with Crippen molar-refractivity contribution in [3.8, 4) is 0 Å². The molecular formula is C13H14N2O3. The van der Waals surface area contributed by atoms with Gasteiger partial charge in [0.25, 0.3) is 0 Å². The number of imidazole rings is 1. The molecule has 2 rings (SSSR count). The second-order valence-electron chi connectivity index (χ2n) is 4.31.